The van der Waals surface area contributed by atoms with E-state index in [1.807, 2.05) is 0 Å². The van der Waals surface area contributed by atoms with E-state index < -0.39 is 0 Å². The summed E-state index contributed by atoms with van der Waals surface area (Å²) >= 11 is 0. The molecule has 63 valence electrons. The fraction of sp³-hybridized carbons (Fsp3) is 0.250. The van der Waals surface area contributed by atoms with E-state index in [0.717, 1.165) is 0 Å². The molecule has 0 heterocycles. The van der Waals surface area contributed by atoms with Crippen LogP contribution in [0.3, 0.4) is 0 Å². The molecular weight excluding hydrogens is 144 g/mol. The van der Waals surface area contributed by atoms with E-state index >= 15 is 0 Å². The first kappa shape index (κ1) is 9.05. The highest BCUT2D eigenvalue weighted by Crippen LogP contribution is 2.07. The zero-order valence-corrected chi connectivity index (χ0v) is 7.96. The summed E-state index contributed by atoms with van der Waals surface area (Å²) in [6.07, 6.45) is 4.27. The minimum Gasteiger partial charge on any atom is -0.0798 e. The molecule has 0 heteroatoms. The summed E-state index contributed by atoms with van der Waals surface area (Å²) in [4.78, 5) is 0. The highest BCUT2D eigenvalue weighted by Gasteiger charge is 1.89. The van der Waals surface area contributed by atoms with Gasteiger partial charge in [0.2, 0.25) is 0 Å². The summed E-state index contributed by atoms with van der Waals surface area (Å²) in [7, 11) is 0. The summed E-state index contributed by atoms with van der Waals surface area (Å²) in [5, 5.41) is 0. The summed E-state index contributed by atoms with van der Waals surface area (Å²) in [6, 6.07) is 8.49. The molecule has 0 aliphatic rings. The number of hydrogen-bond donors (Lipinski definition) is 0. The second kappa shape index (κ2) is 4.10. The van der Waals surface area contributed by atoms with Crippen LogP contribution in [0.25, 0.3) is 0 Å². The van der Waals surface area contributed by atoms with Crippen LogP contribution in [0.5, 0.6) is 0 Å². The third-order valence-electron chi connectivity index (χ3n) is 1.65. The summed E-state index contributed by atoms with van der Waals surface area (Å²) in [5.74, 6) is 0. The van der Waals surface area contributed by atoms with Crippen molar-refractivity contribution in [3.63, 3.8) is 0 Å². The van der Waals surface area contributed by atoms with Crippen LogP contribution in [0.15, 0.2) is 35.9 Å². The van der Waals surface area contributed by atoms with E-state index in [1.165, 1.54) is 16.7 Å². The molecule has 12 heavy (non-hydrogen) atoms. The van der Waals surface area contributed by atoms with Crippen LogP contribution in [-0.4, -0.2) is 0 Å². The predicted molar refractivity (Wildman–Crippen MR) is 54.0 cm³/mol. The monoisotopic (exact) mass is 159 g/mol. The molecule has 1 radical (unpaired) electrons. The molecule has 1 rings (SSSR count). The highest BCUT2D eigenvalue weighted by atomic mass is 13.9. The molecule has 0 aliphatic heterocycles. The van der Waals surface area contributed by atoms with Gasteiger partial charge in [0.05, 0.1) is 0 Å². The Balaban J connectivity index is 2.70. The molecule has 0 bridgehead atoms. The van der Waals surface area contributed by atoms with Gasteiger partial charge in [-0.25, -0.2) is 0 Å². The number of benzene rings is 1. The number of hydrogen-bond acceptors (Lipinski definition) is 0. The standard InChI is InChI=1S/C12H15/c1-10(2)7-8-12-6-4-5-11(3)9-12/h4-9H,1-3H3. The van der Waals surface area contributed by atoms with E-state index in [9.17, 15) is 0 Å². The van der Waals surface area contributed by atoms with E-state index in [1.54, 1.807) is 0 Å². The van der Waals surface area contributed by atoms with E-state index in [0.29, 0.717) is 0 Å². The van der Waals surface area contributed by atoms with Gasteiger partial charge in [0, 0.05) is 6.42 Å². The Morgan fingerprint density at radius 1 is 1.25 bits per heavy atom. The van der Waals surface area contributed by atoms with Gasteiger partial charge in [-0.2, -0.15) is 0 Å². The predicted octanol–water partition coefficient (Wildman–Crippen LogP) is 3.51. The zero-order chi connectivity index (χ0) is 8.97. The van der Waals surface area contributed by atoms with E-state index in [2.05, 4.69) is 57.5 Å². The van der Waals surface area contributed by atoms with Gasteiger partial charge in [-0.3, -0.25) is 0 Å². The molecule has 0 unspecified atom stereocenters. The summed E-state index contributed by atoms with van der Waals surface area (Å²) in [5.41, 5.74) is 3.92. The topological polar surface area (TPSA) is 0 Å². The minimum absolute atomic E-state index is 1.27. The molecular formula is C12H15. The van der Waals surface area contributed by atoms with Crippen molar-refractivity contribution in [2.24, 2.45) is 0 Å². The lowest BCUT2D eigenvalue weighted by molar-refractivity contribution is 1.35. The summed E-state index contributed by atoms with van der Waals surface area (Å²) < 4.78 is 0. The first-order chi connectivity index (χ1) is 5.68. The van der Waals surface area contributed by atoms with Crippen LogP contribution in [0.1, 0.15) is 25.0 Å². The first-order valence-corrected chi connectivity index (χ1v) is 4.23. The molecule has 0 aromatic heterocycles. The normalized spacial score (nSPS) is 9.58. The molecule has 0 amide bonds. The van der Waals surface area contributed by atoms with E-state index in [-0.39, 0.29) is 0 Å². The maximum atomic E-state index is 2.18. The lowest BCUT2D eigenvalue weighted by Gasteiger charge is -1.97. The third kappa shape index (κ3) is 2.91. The summed E-state index contributed by atoms with van der Waals surface area (Å²) in [6.45, 7) is 6.32. The van der Waals surface area contributed by atoms with Crippen LogP contribution < -0.4 is 0 Å². The molecule has 1 aromatic rings. The van der Waals surface area contributed by atoms with Crippen LogP contribution in [0.2, 0.25) is 0 Å². The minimum atomic E-state index is 1.27. The lowest BCUT2D eigenvalue weighted by atomic mass is 10.1. The van der Waals surface area contributed by atoms with Crippen molar-refractivity contribution in [2.75, 3.05) is 0 Å². The van der Waals surface area contributed by atoms with Crippen LogP contribution in [0, 0.1) is 13.3 Å². The Kier molecular flexibility index (Phi) is 3.09. The first-order valence-electron chi connectivity index (χ1n) is 4.23. The maximum Gasteiger partial charge on any atom is 0.0124 e. The number of allylic oxidation sites excluding steroid dienone is 2. The van der Waals surface area contributed by atoms with Gasteiger partial charge in [-0.15, -0.1) is 0 Å². The molecule has 0 aliphatic carbocycles. The lowest BCUT2D eigenvalue weighted by Crippen LogP contribution is -1.79. The average Bonchev–Trinajstić information content (AvgIpc) is 2.01. The van der Waals surface area contributed by atoms with Crippen molar-refractivity contribution in [1.29, 1.82) is 0 Å². The van der Waals surface area contributed by atoms with Crippen molar-refractivity contribution in [1.82, 2.24) is 0 Å². The van der Waals surface area contributed by atoms with E-state index in [4.69, 9.17) is 0 Å². The maximum absolute atomic E-state index is 2.18. The largest absolute Gasteiger partial charge is 0.0798 e. The molecule has 0 atom stereocenters. The van der Waals surface area contributed by atoms with Gasteiger partial charge in [-0.1, -0.05) is 41.5 Å². The fourth-order valence-electron chi connectivity index (χ4n) is 1.04. The van der Waals surface area contributed by atoms with Gasteiger partial charge in [-0.05, 0) is 26.3 Å². The molecule has 0 saturated heterocycles. The third-order valence-corrected chi connectivity index (χ3v) is 1.65. The van der Waals surface area contributed by atoms with Crippen molar-refractivity contribution in [3.05, 3.63) is 53.5 Å². The number of aryl methyl sites for hydroxylation is 1. The molecule has 0 spiro atoms. The smallest absolute Gasteiger partial charge is 0.0124 e. The Bertz CT molecular complexity index is 278. The van der Waals surface area contributed by atoms with Crippen molar-refractivity contribution in [3.8, 4) is 0 Å². The zero-order valence-electron chi connectivity index (χ0n) is 7.96. The van der Waals surface area contributed by atoms with Gasteiger partial charge >= 0.3 is 0 Å². The van der Waals surface area contributed by atoms with Crippen LogP contribution >= 0.6 is 0 Å². The second-order valence-corrected chi connectivity index (χ2v) is 3.32. The molecule has 0 saturated carbocycles. The highest BCUT2D eigenvalue weighted by molar-refractivity contribution is 5.32. The average molecular weight is 159 g/mol. The molecule has 0 fully saturated rings. The van der Waals surface area contributed by atoms with Crippen LogP contribution in [0.4, 0.5) is 0 Å². The van der Waals surface area contributed by atoms with Gasteiger partial charge < -0.3 is 0 Å². The van der Waals surface area contributed by atoms with Crippen molar-refractivity contribution in [2.45, 2.75) is 20.8 Å². The van der Waals surface area contributed by atoms with Crippen molar-refractivity contribution >= 4 is 0 Å². The molecule has 0 nitrogen and oxygen atoms in total. The molecule has 0 N–H and O–H groups in total. The quantitative estimate of drug-likeness (QED) is 0.619. The Morgan fingerprint density at radius 2 is 2.00 bits per heavy atom. The van der Waals surface area contributed by atoms with Crippen LogP contribution in [-0.2, 0) is 0 Å². The Morgan fingerprint density at radius 3 is 2.58 bits per heavy atom. The fourth-order valence-corrected chi connectivity index (χ4v) is 1.04. The SMILES string of the molecule is CC(C)=C[CH]c1cccc(C)c1. The van der Waals surface area contributed by atoms with Gasteiger partial charge in [0.25, 0.3) is 0 Å². The van der Waals surface area contributed by atoms with Gasteiger partial charge in [0.15, 0.2) is 0 Å². The van der Waals surface area contributed by atoms with Crippen molar-refractivity contribution < 1.29 is 0 Å². The Labute approximate surface area is 74.9 Å². The molecule has 1 aromatic carbocycles. The Hall–Kier alpha value is -1.04. The second-order valence-electron chi connectivity index (χ2n) is 3.32. The van der Waals surface area contributed by atoms with Gasteiger partial charge in [0.1, 0.15) is 0 Å². The number of rotatable bonds is 2.